The first-order chi connectivity index (χ1) is 11.8. The number of nitrogens with zero attached hydrogens (tertiary/aromatic N) is 2. The van der Waals surface area contributed by atoms with Gasteiger partial charge in [0.05, 0.1) is 13.7 Å². The van der Waals surface area contributed by atoms with Crippen molar-refractivity contribution in [1.29, 1.82) is 0 Å². The Morgan fingerprint density at radius 3 is 2.50 bits per heavy atom. The van der Waals surface area contributed by atoms with Gasteiger partial charge in [-0.15, -0.1) is 0 Å². The lowest BCUT2D eigenvalue weighted by Crippen LogP contribution is -2.36. The molecule has 0 bridgehead atoms. The Morgan fingerprint density at radius 2 is 1.79 bits per heavy atom. The molecule has 2 aromatic rings. The second-order valence-electron chi connectivity index (χ2n) is 4.99. The molecule has 0 fully saturated rings. The summed E-state index contributed by atoms with van der Waals surface area (Å²) in [7, 11) is 3.35. The quantitative estimate of drug-likeness (QED) is 0.603. The number of benzene rings is 1. The Morgan fingerprint density at radius 1 is 1.08 bits per heavy atom. The van der Waals surface area contributed by atoms with Crippen LogP contribution in [0.3, 0.4) is 0 Å². The van der Waals surface area contributed by atoms with Gasteiger partial charge in [0.15, 0.2) is 5.96 Å². The summed E-state index contributed by atoms with van der Waals surface area (Å²) in [6, 6.07) is 11.8. The van der Waals surface area contributed by atoms with Crippen molar-refractivity contribution in [3.8, 4) is 11.6 Å². The van der Waals surface area contributed by atoms with Crippen LogP contribution in [0.25, 0.3) is 0 Å². The second kappa shape index (κ2) is 9.39. The molecule has 0 aliphatic carbocycles. The molecule has 0 unspecified atom stereocenters. The van der Waals surface area contributed by atoms with Crippen molar-refractivity contribution < 1.29 is 9.47 Å². The molecule has 1 aromatic heterocycles. The van der Waals surface area contributed by atoms with E-state index in [0.717, 1.165) is 16.9 Å². The Balaban J connectivity index is 1.94. The highest BCUT2D eigenvalue weighted by Gasteiger charge is 2.06. The number of rotatable bonds is 7. The second-order valence-corrected chi connectivity index (χ2v) is 4.99. The number of guanidine groups is 1. The van der Waals surface area contributed by atoms with Crippen LogP contribution < -0.4 is 20.1 Å². The lowest BCUT2D eigenvalue weighted by molar-refractivity contribution is 0.336. The van der Waals surface area contributed by atoms with Crippen LogP contribution in [0.5, 0.6) is 11.6 Å². The highest BCUT2D eigenvalue weighted by Crippen LogP contribution is 2.17. The fourth-order valence-corrected chi connectivity index (χ4v) is 2.27. The lowest BCUT2D eigenvalue weighted by atomic mass is 10.2. The topological polar surface area (TPSA) is 67.8 Å². The number of para-hydroxylation sites is 1. The highest BCUT2D eigenvalue weighted by molar-refractivity contribution is 5.79. The monoisotopic (exact) mass is 328 g/mol. The van der Waals surface area contributed by atoms with Crippen molar-refractivity contribution in [2.45, 2.75) is 20.0 Å². The van der Waals surface area contributed by atoms with Crippen molar-refractivity contribution in [2.24, 2.45) is 4.99 Å². The van der Waals surface area contributed by atoms with E-state index in [9.17, 15) is 0 Å². The van der Waals surface area contributed by atoms with Gasteiger partial charge < -0.3 is 20.1 Å². The number of hydrogen-bond acceptors (Lipinski definition) is 4. The SMILES string of the molecule is CCOc1ccccc1CNC(=NC)NCc1cccnc1OC. The van der Waals surface area contributed by atoms with E-state index in [0.29, 0.717) is 31.5 Å². The zero-order valence-electron chi connectivity index (χ0n) is 14.4. The maximum Gasteiger partial charge on any atom is 0.218 e. The summed E-state index contributed by atoms with van der Waals surface area (Å²) in [5, 5.41) is 6.55. The molecule has 0 saturated carbocycles. The van der Waals surface area contributed by atoms with Crippen LogP contribution in [0.1, 0.15) is 18.1 Å². The number of hydrogen-bond donors (Lipinski definition) is 2. The van der Waals surface area contributed by atoms with Crippen molar-refractivity contribution >= 4 is 5.96 Å². The van der Waals surface area contributed by atoms with E-state index in [1.165, 1.54) is 0 Å². The summed E-state index contributed by atoms with van der Waals surface area (Å²) in [6.45, 7) is 3.82. The maximum absolute atomic E-state index is 5.64. The van der Waals surface area contributed by atoms with E-state index in [2.05, 4.69) is 20.6 Å². The van der Waals surface area contributed by atoms with Gasteiger partial charge in [-0.1, -0.05) is 24.3 Å². The molecule has 6 heteroatoms. The number of aliphatic imine (C=N–C) groups is 1. The van der Waals surface area contributed by atoms with E-state index < -0.39 is 0 Å². The van der Waals surface area contributed by atoms with Crippen LogP contribution in [0.15, 0.2) is 47.6 Å². The van der Waals surface area contributed by atoms with Crippen molar-refractivity contribution in [2.75, 3.05) is 20.8 Å². The van der Waals surface area contributed by atoms with Crippen molar-refractivity contribution in [1.82, 2.24) is 15.6 Å². The molecule has 1 heterocycles. The molecule has 128 valence electrons. The molecule has 0 atom stereocenters. The minimum Gasteiger partial charge on any atom is -0.494 e. The summed E-state index contributed by atoms with van der Waals surface area (Å²) in [6.07, 6.45) is 1.71. The number of aromatic nitrogens is 1. The first kappa shape index (κ1) is 17.6. The zero-order valence-corrected chi connectivity index (χ0v) is 14.4. The normalized spacial score (nSPS) is 11.0. The number of ether oxygens (including phenoxy) is 2. The van der Waals surface area contributed by atoms with Gasteiger partial charge in [0, 0.05) is 37.5 Å². The minimum absolute atomic E-state index is 0.573. The van der Waals surface area contributed by atoms with Gasteiger partial charge >= 0.3 is 0 Å². The van der Waals surface area contributed by atoms with Crippen LogP contribution >= 0.6 is 0 Å². The average Bonchev–Trinajstić information content (AvgIpc) is 2.63. The van der Waals surface area contributed by atoms with E-state index >= 15 is 0 Å². The summed E-state index contributed by atoms with van der Waals surface area (Å²) in [4.78, 5) is 8.43. The van der Waals surface area contributed by atoms with E-state index in [4.69, 9.17) is 9.47 Å². The molecular formula is C18H24N4O2. The molecule has 0 aliphatic rings. The van der Waals surface area contributed by atoms with E-state index in [-0.39, 0.29) is 0 Å². The van der Waals surface area contributed by atoms with Crippen LogP contribution in [0.4, 0.5) is 0 Å². The fraction of sp³-hybridized carbons (Fsp3) is 0.333. The van der Waals surface area contributed by atoms with Gasteiger partial charge in [0.2, 0.25) is 5.88 Å². The molecule has 1 aromatic carbocycles. The van der Waals surface area contributed by atoms with Crippen LogP contribution in [-0.4, -0.2) is 31.7 Å². The predicted octanol–water partition coefficient (Wildman–Crippen LogP) is 2.35. The van der Waals surface area contributed by atoms with Crippen LogP contribution in [0.2, 0.25) is 0 Å². The van der Waals surface area contributed by atoms with Gasteiger partial charge in [-0.25, -0.2) is 4.98 Å². The van der Waals surface area contributed by atoms with Gasteiger partial charge in [-0.3, -0.25) is 4.99 Å². The third-order valence-electron chi connectivity index (χ3n) is 3.43. The van der Waals surface area contributed by atoms with E-state index in [1.807, 2.05) is 43.3 Å². The maximum atomic E-state index is 5.64. The molecule has 0 spiro atoms. The Kier molecular flexibility index (Phi) is 6.89. The third kappa shape index (κ3) is 4.87. The van der Waals surface area contributed by atoms with Gasteiger partial charge in [-0.2, -0.15) is 0 Å². The first-order valence-electron chi connectivity index (χ1n) is 7.91. The molecule has 0 amide bonds. The standard InChI is InChI=1S/C18H24N4O2/c1-4-24-16-10-6-5-8-14(16)12-21-18(19-2)22-13-15-9-7-11-20-17(15)23-3/h5-11H,4,12-13H2,1-3H3,(H2,19,21,22). The minimum atomic E-state index is 0.573. The van der Waals surface area contributed by atoms with Crippen molar-refractivity contribution in [3.05, 3.63) is 53.7 Å². The smallest absolute Gasteiger partial charge is 0.218 e. The average molecular weight is 328 g/mol. The van der Waals surface area contributed by atoms with Gasteiger partial charge in [0.25, 0.3) is 0 Å². The molecule has 2 N–H and O–H groups in total. The largest absolute Gasteiger partial charge is 0.494 e. The summed E-state index contributed by atoms with van der Waals surface area (Å²) in [5.41, 5.74) is 2.05. The lowest BCUT2D eigenvalue weighted by Gasteiger charge is -2.15. The number of nitrogens with one attached hydrogen (secondary N) is 2. The molecular weight excluding hydrogens is 304 g/mol. The first-order valence-corrected chi connectivity index (χ1v) is 7.91. The molecule has 0 saturated heterocycles. The summed E-state index contributed by atoms with van der Waals surface area (Å²) < 4.78 is 10.9. The number of pyridine rings is 1. The van der Waals surface area contributed by atoms with E-state index in [1.54, 1.807) is 20.4 Å². The summed E-state index contributed by atoms with van der Waals surface area (Å²) >= 11 is 0. The molecule has 24 heavy (non-hydrogen) atoms. The highest BCUT2D eigenvalue weighted by atomic mass is 16.5. The van der Waals surface area contributed by atoms with Crippen molar-refractivity contribution in [3.63, 3.8) is 0 Å². The Hall–Kier alpha value is -2.76. The van der Waals surface area contributed by atoms with Gasteiger partial charge in [0.1, 0.15) is 5.75 Å². The summed E-state index contributed by atoms with van der Waals surface area (Å²) in [5.74, 6) is 2.20. The zero-order chi connectivity index (χ0) is 17.2. The Bertz CT molecular complexity index is 674. The van der Waals surface area contributed by atoms with Gasteiger partial charge in [-0.05, 0) is 19.1 Å². The third-order valence-corrected chi connectivity index (χ3v) is 3.43. The molecule has 0 aliphatic heterocycles. The molecule has 6 nitrogen and oxygen atoms in total. The molecule has 2 rings (SSSR count). The fourth-order valence-electron chi connectivity index (χ4n) is 2.27. The predicted molar refractivity (Wildman–Crippen MR) is 95.4 cm³/mol. The molecule has 0 radical (unpaired) electrons. The van der Waals surface area contributed by atoms with Crippen LogP contribution in [0, 0.1) is 0 Å². The van der Waals surface area contributed by atoms with Crippen LogP contribution in [-0.2, 0) is 13.1 Å². The Labute approximate surface area is 142 Å². The number of methoxy groups -OCH3 is 1.